The second kappa shape index (κ2) is 6.49. The number of aromatic nitrogens is 1. The Morgan fingerprint density at radius 1 is 1.12 bits per heavy atom. The molecule has 2 aromatic carbocycles. The molecule has 1 aromatic heterocycles. The largest absolute Gasteiger partial charge is 0.493 e. The summed E-state index contributed by atoms with van der Waals surface area (Å²) in [7, 11) is 3.11. The van der Waals surface area contributed by atoms with Crippen LogP contribution in [-0.2, 0) is 0 Å². The summed E-state index contributed by atoms with van der Waals surface area (Å²) in [5.74, 6) is 0.114. The van der Waals surface area contributed by atoms with Gasteiger partial charge in [-0.25, -0.2) is 4.79 Å². The molecule has 0 aliphatic heterocycles. The predicted molar refractivity (Wildman–Crippen MR) is 93.7 cm³/mol. The van der Waals surface area contributed by atoms with E-state index in [0.29, 0.717) is 21.9 Å². The molecule has 0 saturated carbocycles. The molecule has 2 N–H and O–H groups in total. The molecule has 0 aliphatic rings. The molecule has 5 nitrogen and oxygen atoms in total. The third-order valence-corrected chi connectivity index (χ3v) is 5.08. The lowest BCUT2D eigenvalue weighted by atomic mass is 10.2. The van der Waals surface area contributed by atoms with Crippen molar-refractivity contribution in [3.63, 3.8) is 0 Å². The van der Waals surface area contributed by atoms with E-state index in [1.165, 1.54) is 11.8 Å². The molecular weight excluding hydrogens is 326 g/mol. The fourth-order valence-electron chi connectivity index (χ4n) is 2.53. The van der Waals surface area contributed by atoms with E-state index in [4.69, 9.17) is 9.47 Å². The molecular formula is C18H17NO4S. The van der Waals surface area contributed by atoms with Crippen molar-refractivity contribution in [1.82, 2.24) is 4.98 Å². The van der Waals surface area contributed by atoms with Crippen LogP contribution in [0.2, 0.25) is 0 Å². The van der Waals surface area contributed by atoms with Crippen LogP contribution in [0, 0.1) is 6.92 Å². The Labute approximate surface area is 143 Å². The molecule has 0 bridgehead atoms. The molecule has 6 heteroatoms. The zero-order valence-electron chi connectivity index (χ0n) is 13.5. The maximum absolute atomic E-state index is 11.7. The third-order valence-electron chi connectivity index (χ3n) is 3.77. The van der Waals surface area contributed by atoms with Crippen molar-refractivity contribution in [3.05, 3.63) is 47.7 Å². The number of aromatic amines is 1. The molecule has 0 amide bonds. The van der Waals surface area contributed by atoms with Gasteiger partial charge in [-0.3, -0.25) is 0 Å². The molecule has 0 atom stereocenters. The van der Waals surface area contributed by atoms with E-state index >= 15 is 0 Å². The monoisotopic (exact) mass is 343 g/mol. The van der Waals surface area contributed by atoms with Crippen LogP contribution in [0.4, 0.5) is 0 Å². The minimum Gasteiger partial charge on any atom is -0.493 e. The van der Waals surface area contributed by atoms with Crippen LogP contribution in [0.1, 0.15) is 16.1 Å². The lowest BCUT2D eigenvalue weighted by Gasteiger charge is -2.09. The first-order valence-electron chi connectivity index (χ1n) is 7.29. The van der Waals surface area contributed by atoms with Crippen LogP contribution in [0.5, 0.6) is 11.5 Å². The van der Waals surface area contributed by atoms with Crippen molar-refractivity contribution in [2.45, 2.75) is 16.7 Å². The summed E-state index contributed by atoms with van der Waals surface area (Å²) < 4.78 is 10.6. The standard InChI is InChI=1S/C18H17NO4S/c1-10-6-4-5-7-15(10)24-17-11-8-13(22-2)14(23-3)9-12(11)19-16(17)18(20)21/h4-9,19H,1-3H3,(H,20,21). The van der Waals surface area contributed by atoms with E-state index in [0.717, 1.165) is 15.8 Å². The van der Waals surface area contributed by atoms with Crippen molar-refractivity contribution >= 4 is 28.6 Å². The van der Waals surface area contributed by atoms with Gasteiger partial charge in [-0.15, -0.1) is 0 Å². The van der Waals surface area contributed by atoms with Crippen molar-refractivity contribution in [3.8, 4) is 11.5 Å². The highest BCUT2D eigenvalue weighted by molar-refractivity contribution is 7.99. The predicted octanol–water partition coefficient (Wildman–Crippen LogP) is 4.34. The molecule has 124 valence electrons. The first kappa shape index (κ1) is 16.3. The van der Waals surface area contributed by atoms with Crippen molar-refractivity contribution in [1.29, 1.82) is 0 Å². The second-order valence-corrected chi connectivity index (χ2v) is 6.31. The summed E-state index contributed by atoms with van der Waals surface area (Å²) in [5, 5.41) is 10.4. The van der Waals surface area contributed by atoms with Gasteiger partial charge in [0.15, 0.2) is 11.5 Å². The quantitative estimate of drug-likeness (QED) is 0.721. The number of aromatic carboxylic acids is 1. The molecule has 0 fully saturated rings. The van der Waals surface area contributed by atoms with Crippen LogP contribution < -0.4 is 9.47 Å². The number of methoxy groups -OCH3 is 2. The van der Waals surface area contributed by atoms with E-state index < -0.39 is 5.97 Å². The van der Waals surface area contributed by atoms with E-state index in [-0.39, 0.29) is 5.69 Å². The summed E-state index contributed by atoms with van der Waals surface area (Å²) in [6, 6.07) is 11.4. The molecule has 0 aliphatic carbocycles. The molecule has 1 heterocycles. The minimum absolute atomic E-state index is 0.161. The number of ether oxygens (including phenoxy) is 2. The molecule has 3 aromatic rings. The highest BCUT2D eigenvalue weighted by Gasteiger charge is 2.21. The third kappa shape index (κ3) is 2.80. The van der Waals surface area contributed by atoms with E-state index in [1.807, 2.05) is 31.2 Å². The fourth-order valence-corrected chi connectivity index (χ4v) is 3.65. The fraction of sp³-hybridized carbons (Fsp3) is 0.167. The number of H-pyrrole nitrogens is 1. The molecule has 0 unspecified atom stereocenters. The van der Waals surface area contributed by atoms with Crippen LogP contribution in [-0.4, -0.2) is 30.3 Å². The zero-order valence-corrected chi connectivity index (χ0v) is 14.4. The Hall–Kier alpha value is -2.60. The smallest absolute Gasteiger partial charge is 0.353 e. The van der Waals surface area contributed by atoms with E-state index in [1.54, 1.807) is 26.4 Å². The first-order chi connectivity index (χ1) is 11.5. The normalized spacial score (nSPS) is 10.8. The van der Waals surface area contributed by atoms with Gasteiger partial charge in [0.1, 0.15) is 5.69 Å². The number of carboxylic acid groups (broad SMARTS) is 1. The van der Waals surface area contributed by atoms with Crippen LogP contribution in [0.25, 0.3) is 10.9 Å². The Balaban J connectivity index is 2.22. The van der Waals surface area contributed by atoms with Crippen molar-refractivity contribution in [2.24, 2.45) is 0 Å². The van der Waals surface area contributed by atoms with Gasteiger partial charge in [-0.2, -0.15) is 0 Å². The average Bonchev–Trinajstić information content (AvgIpc) is 2.93. The summed E-state index contributed by atoms with van der Waals surface area (Å²) >= 11 is 1.43. The van der Waals surface area contributed by atoms with Gasteiger partial charge in [-0.1, -0.05) is 30.0 Å². The highest BCUT2D eigenvalue weighted by Crippen LogP contribution is 2.41. The maximum Gasteiger partial charge on any atom is 0.353 e. The Morgan fingerprint density at radius 2 is 1.79 bits per heavy atom. The topological polar surface area (TPSA) is 71.6 Å². The highest BCUT2D eigenvalue weighted by atomic mass is 32.2. The van der Waals surface area contributed by atoms with Crippen LogP contribution in [0.15, 0.2) is 46.2 Å². The van der Waals surface area contributed by atoms with Crippen LogP contribution in [0.3, 0.4) is 0 Å². The Bertz CT molecular complexity index is 917. The number of benzene rings is 2. The van der Waals surface area contributed by atoms with Crippen LogP contribution >= 0.6 is 11.8 Å². The van der Waals surface area contributed by atoms with Gasteiger partial charge in [0.2, 0.25) is 0 Å². The number of carboxylic acids is 1. The Morgan fingerprint density at radius 3 is 2.42 bits per heavy atom. The summed E-state index contributed by atoms with van der Waals surface area (Å²) in [5.41, 5.74) is 1.95. The molecule has 3 rings (SSSR count). The average molecular weight is 343 g/mol. The summed E-state index contributed by atoms with van der Waals surface area (Å²) in [6.07, 6.45) is 0. The van der Waals surface area contributed by atoms with Gasteiger partial charge in [0, 0.05) is 16.3 Å². The van der Waals surface area contributed by atoms with Gasteiger partial charge < -0.3 is 19.6 Å². The second-order valence-electron chi connectivity index (χ2n) is 5.25. The lowest BCUT2D eigenvalue weighted by Crippen LogP contribution is -1.98. The number of rotatable bonds is 5. The molecule has 0 saturated heterocycles. The SMILES string of the molecule is COc1cc2[nH]c(C(=O)O)c(Sc3ccccc3C)c2cc1OC. The van der Waals surface area contributed by atoms with Gasteiger partial charge in [0.25, 0.3) is 0 Å². The van der Waals surface area contributed by atoms with E-state index in [9.17, 15) is 9.90 Å². The number of nitrogens with one attached hydrogen (secondary N) is 1. The number of hydrogen-bond donors (Lipinski definition) is 2. The maximum atomic E-state index is 11.7. The first-order valence-corrected chi connectivity index (χ1v) is 8.11. The lowest BCUT2D eigenvalue weighted by molar-refractivity contribution is 0.0688. The van der Waals surface area contributed by atoms with Gasteiger partial charge in [0.05, 0.1) is 24.6 Å². The van der Waals surface area contributed by atoms with Gasteiger partial charge >= 0.3 is 5.97 Å². The van der Waals surface area contributed by atoms with E-state index in [2.05, 4.69) is 4.98 Å². The summed E-state index contributed by atoms with van der Waals surface area (Å²) in [6.45, 7) is 2.00. The Kier molecular flexibility index (Phi) is 4.40. The number of aryl methyl sites for hydroxylation is 1. The van der Waals surface area contributed by atoms with Crippen molar-refractivity contribution < 1.29 is 19.4 Å². The molecule has 0 radical (unpaired) electrons. The molecule has 24 heavy (non-hydrogen) atoms. The molecule has 0 spiro atoms. The zero-order chi connectivity index (χ0) is 17.3. The number of fused-ring (bicyclic) bond motifs is 1. The number of carbonyl (C=O) groups is 1. The summed E-state index contributed by atoms with van der Waals surface area (Å²) in [4.78, 5) is 16.3. The number of hydrogen-bond acceptors (Lipinski definition) is 4. The van der Waals surface area contributed by atoms with Crippen molar-refractivity contribution in [2.75, 3.05) is 14.2 Å². The van der Waals surface area contributed by atoms with Gasteiger partial charge in [-0.05, 0) is 24.6 Å². The minimum atomic E-state index is -1.000.